The van der Waals surface area contributed by atoms with E-state index >= 15 is 0 Å². The van der Waals surface area contributed by atoms with Crippen molar-refractivity contribution >= 4 is 11.5 Å². The van der Waals surface area contributed by atoms with Gasteiger partial charge in [0.15, 0.2) is 5.65 Å². The van der Waals surface area contributed by atoms with Gasteiger partial charge in [0.05, 0.1) is 6.20 Å². The van der Waals surface area contributed by atoms with E-state index in [9.17, 15) is 0 Å². The summed E-state index contributed by atoms with van der Waals surface area (Å²) in [5.41, 5.74) is 2.95. The number of ether oxygens (including phenoxy) is 1. The Balaban J connectivity index is 1.32. The standard InChI is InChI=1S/C23H30N6O/c1-2-10-27(9-1)11-4-12-28-14-8-24-22-7-13-29-23(26-22)21(18-25-29)19-5-3-6-20(17-19)30-16-15-28/h3,5-7,13,17-18H,1-2,4,8-12,14-16H2,(H,24,26). The SMILES string of the molecule is c1cc2cc(c1)-c1cnn3ccc(nc13)NCCN(CCCN1CCCC1)CCO2. The zero-order valence-corrected chi connectivity index (χ0v) is 17.5. The van der Waals surface area contributed by atoms with Gasteiger partial charge in [0.25, 0.3) is 0 Å². The van der Waals surface area contributed by atoms with Crippen molar-refractivity contribution in [3.8, 4) is 16.9 Å². The highest BCUT2D eigenvalue weighted by Gasteiger charge is 2.14. The Labute approximate surface area is 177 Å². The molecule has 2 aliphatic heterocycles. The smallest absolute Gasteiger partial charge is 0.165 e. The third-order valence-corrected chi connectivity index (χ3v) is 6.07. The maximum atomic E-state index is 6.11. The number of nitrogens with zero attached hydrogens (tertiary/aromatic N) is 5. The van der Waals surface area contributed by atoms with Crippen LogP contribution < -0.4 is 10.1 Å². The molecule has 0 amide bonds. The third kappa shape index (κ3) is 4.42. The predicted molar refractivity (Wildman–Crippen MR) is 119 cm³/mol. The van der Waals surface area contributed by atoms with Crippen molar-refractivity contribution in [2.24, 2.45) is 0 Å². The summed E-state index contributed by atoms with van der Waals surface area (Å²) >= 11 is 0. The van der Waals surface area contributed by atoms with E-state index in [2.05, 4.69) is 32.3 Å². The lowest BCUT2D eigenvalue weighted by Crippen LogP contribution is -2.35. The van der Waals surface area contributed by atoms with Gasteiger partial charge in [0.2, 0.25) is 0 Å². The van der Waals surface area contributed by atoms with Crippen LogP contribution in [0, 0.1) is 0 Å². The highest BCUT2D eigenvalue weighted by Crippen LogP contribution is 2.27. The van der Waals surface area contributed by atoms with E-state index in [1.54, 1.807) is 0 Å². The maximum Gasteiger partial charge on any atom is 0.165 e. The average molecular weight is 407 g/mol. The van der Waals surface area contributed by atoms with Gasteiger partial charge >= 0.3 is 0 Å². The Hall–Kier alpha value is -2.64. The first-order chi connectivity index (χ1) is 14.8. The lowest BCUT2D eigenvalue weighted by Gasteiger charge is -2.24. The molecule has 0 atom stereocenters. The second-order valence-corrected chi connectivity index (χ2v) is 8.19. The Bertz CT molecular complexity index is 981. The molecule has 3 aromatic rings. The van der Waals surface area contributed by atoms with Gasteiger partial charge in [-0.2, -0.15) is 5.10 Å². The summed E-state index contributed by atoms with van der Waals surface area (Å²) in [6.45, 7) is 8.30. The van der Waals surface area contributed by atoms with Crippen LogP contribution >= 0.6 is 0 Å². The van der Waals surface area contributed by atoms with E-state index in [4.69, 9.17) is 9.72 Å². The molecule has 158 valence electrons. The quantitative estimate of drug-likeness (QED) is 0.719. The van der Waals surface area contributed by atoms with Crippen LogP contribution in [0.5, 0.6) is 5.75 Å². The summed E-state index contributed by atoms with van der Waals surface area (Å²) in [5, 5.41) is 7.95. The average Bonchev–Trinajstić information content (AvgIpc) is 3.43. The van der Waals surface area contributed by atoms with Crippen molar-refractivity contribution in [2.45, 2.75) is 19.3 Å². The molecule has 4 heterocycles. The van der Waals surface area contributed by atoms with Crippen molar-refractivity contribution in [3.05, 3.63) is 42.7 Å². The topological polar surface area (TPSA) is 57.9 Å². The molecular weight excluding hydrogens is 376 g/mol. The largest absolute Gasteiger partial charge is 0.492 e. The number of nitrogens with one attached hydrogen (secondary N) is 1. The maximum absolute atomic E-state index is 6.11. The van der Waals surface area contributed by atoms with Crippen LogP contribution in [0.3, 0.4) is 0 Å². The highest BCUT2D eigenvalue weighted by atomic mass is 16.5. The fourth-order valence-electron chi connectivity index (χ4n) is 4.42. The number of hydrogen-bond donors (Lipinski definition) is 1. The fourth-order valence-corrected chi connectivity index (χ4v) is 4.42. The molecule has 0 aliphatic carbocycles. The first-order valence-electron chi connectivity index (χ1n) is 11.1. The molecule has 0 radical (unpaired) electrons. The van der Waals surface area contributed by atoms with Crippen LogP contribution in [-0.4, -0.2) is 76.8 Å². The van der Waals surface area contributed by atoms with Gasteiger partial charge in [-0.05, 0) is 69.2 Å². The van der Waals surface area contributed by atoms with Gasteiger partial charge in [-0.25, -0.2) is 9.50 Å². The highest BCUT2D eigenvalue weighted by molar-refractivity contribution is 5.78. The van der Waals surface area contributed by atoms with Crippen molar-refractivity contribution in [2.75, 3.05) is 57.7 Å². The Morgan fingerprint density at radius 1 is 1.00 bits per heavy atom. The summed E-state index contributed by atoms with van der Waals surface area (Å²) in [6.07, 6.45) is 7.76. The summed E-state index contributed by atoms with van der Waals surface area (Å²) in [5.74, 6) is 1.79. The first-order valence-corrected chi connectivity index (χ1v) is 11.1. The first kappa shape index (κ1) is 19.3. The van der Waals surface area contributed by atoms with Gasteiger partial charge in [0.1, 0.15) is 18.2 Å². The molecule has 1 N–H and O–H groups in total. The number of likely N-dealkylation sites (tertiary alicyclic amines) is 1. The second-order valence-electron chi connectivity index (χ2n) is 8.19. The predicted octanol–water partition coefficient (Wildman–Crippen LogP) is 2.99. The molecule has 0 spiro atoms. The molecule has 0 saturated carbocycles. The van der Waals surface area contributed by atoms with E-state index in [-0.39, 0.29) is 0 Å². The molecule has 0 unspecified atom stereocenters. The van der Waals surface area contributed by atoms with Crippen molar-refractivity contribution < 1.29 is 4.74 Å². The molecule has 2 aliphatic rings. The minimum Gasteiger partial charge on any atom is -0.492 e. The Kier molecular flexibility index (Phi) is 5.81. The van der Waals surface area contributed by atoms with Gasteiger partial charge < -0.3 is 15.0 Å². The van der Waals surface area contributed by atoms with Gasteiger partial charge in [-0.3, -0.25) is 4.90 Å². The monoisotopic (exact) mass is 406 g/mol. The number of benzene rings is 1. The van der Waals surface area contributed by atoms with Crippen LogP contribution in [0.1, 0.15) is 19.3 Å². The van der Waals surface area contributed by atoms with Crippen LogP contribution in [0.15, 0.2) is 42.7 Å². The van der Waals surface area contributed by atoms with Crippen LogP contribution in [-0.2, 0) is 0 Å². The van der Waals surface area contributed by atoms with Crippen LogP contribution in [0.4, 0.5) is 5.82 Å². The molecule has 4 bridgehead atoms. The molecule has 5 rings (SSSR count). The van der Waals surface area contributed by atoms with Gasteiger partial charge in [0, 0.05) is 31.4 Å². The Morgan fingerprint density at radius 3 is 2.77 bits per heavy atom. The van der Waals surface area contributed by atoms with E-state index in [1.165, 1.54) is 38.9 Å². The van der Waals surface area contributed by atoms with Crippen LogP contribution in [0.2, 0.25) is 0 Å². The molecule has 1 fully saturated rings. The van der Waals surface area contributed by atoms with Crippen molar-refractivity contribution in [1.82, 2.24) is 24.4 Å². The molecule has 1 aromatic carbocycles. The summed E-state index contributed by atoms with van der Waals surface area (Å²) in [7, 11) is 0. The summed E-state index contributed by atoms with van der Waals surface area (Å²) in [6, 6.07) is 10.2. The zero-order valence-electron chi connectivity index (χ0n) is 17.5. The molecular formula is C23H30N6O. The van der Waals surface area contributed by atoms with Gasteiger partial charge in [-0.1, -0.05) is 12.1 Å². The minimum absolute atomic E-state index is 0.695. The molecule has 2 aromatic heterocycles. The van der Waals surface area contributed by atoms with E-state index in [1.807, 2.05) is 35.1 Å². The lowest BCUT2D eigenvalue weighted by molar-refractivity contribution is 0.203. The zero-order chi connectivity index (χ0) is 20.2. The number of anilines is 1. The third-order valence-electron chi connectivity index (χ3n) is 6.07. The number of aromatic nitrogens is 3. The van der Waals surface area contributed by atoms with Crippen molar-refractivity contribution in [3.63, 3.8) is 0 Å². The number of rotatable bonds is 4. The lowest BCUT2D eigenvalue weighted by atomic mass is 10.1. The number of fused-ring (bicyclic) bond motifs is 4. The molecule has 7 nitrogen and oxygen atoms in total. The summed E-state index contributed by atoms with van der Waals surface area (Å²) in [4.78, 5) is 9.91. The van der Waals surface area contributed by atoms with E-state index < -0.39 is 0 Å². The van der Waals surface area contributed by atoms with Gasteiger partial charge in [-0.15, -0.1) is 0 Å². The summed E-state index contributed by atoms with van der Waals surface area (Å²) < 4.78 is 7.93. The molecule has 1 saturated heterocycles. The fraction of sp³-hybridized carbons (Fsp3) is 0.478. The van der Waals surface area contributed by atoms with E-state index in [0.29, 0.717) is 6.61 Å². The number of hydrogen-bond acceptors (Lipinski definition) is 6. The second kappa shape index (κ2) is 9.02. The van der Waals surface area contributed by atoms with Crippen molar-refractivity contribution in [1.29, 1.82) is 0 Å². The normalized spacial score (nSPS) is 18.3. The van der Waals surface area contributed by atoms with E-state index in [0.717, 1.165) is 54.5 Å². The molecule has 30 heavy (non-hydrogen) atoms. The van der Waals surface area contributed by atoms with Crippen LogP contribution in [0.25, 0.3) is 16.8 Å². The minimum atomic E-state index is 0.695. The molecule has 7 heteroatoms. The Morgan fingerprint density at radius 2 is 1.87 bits per heavy atom.